The molecule has 0 bridgehead atoms. The molecule has 1 aliphatic heterocycles. The van der Waals surface area contributed by atoms with Crippen LogP contribution in [0.1, 0.15) is 11.1 Å². The molecule has 1 fully saturated rings. The third-order valence-electron chi connectivity index (χ3n) is 3.63. The molecule has 5 nitrogen and oxygen atoms in total. The number of rotatable bonds is 4. The Morgan fingerprint density at radius 3 is 2.56 bits per heavy atom. The van der Waals surface area contributed by atoms with Gasteiger partial charge in [0.2, 0.25) is 0 Å². The van der Waals surface area contributed by atoms with E-state index in [0.717, 1.165) is 16.7 Å². The summed E-state index contributed by atoms with van der Waals surface area (Å²) >= 11 is 0.826. The number of hydrogen-bond acceptors (Lipinski definition) is 5. The highest BCUT2D eigenvalue weighted by atomic mass is 32.2. The molecule has 1 heterocycles. The first-order chi connectivity index (χ1) is 12.0. The Hall–Kier alpha value is -2.80. The number of carbonyl (C=O) groups excluding carboxylic acids is 2. The lowest BCUT2D eigenvalue weighted by Crippen LogP contribution is -2.27. The Bertz CT molecular complexity index is 864. The predicted molar refractivity (Wildman–Crippen MR) is 92.6 cm³/mol. The van der Waals surface area contributed by atoms with Crippen LogP contribution in [0.4, 0.5) is 9.18 Å². The van der Waals surface area contributed by atoms with Gasteiger partial charge in [0.1, 0.15) is 5.82 Å². The van der Waals surface area contributed by atoms with Crippen LogP contribution in [0.15, 0.2) is 47.4 Å². The fourth-order valence-corrected chi connectivity index (χ4v) is 3.20. The summed E-state index contributed by atoms with van der Waals surface area (Å²) in [6, 6.07) is 10.3. The van der Waals surface area contributed by atoms with Crippen molar-refractivity contribution >= 4 is 29.0 Å². The topological polar surface area (TPSA) is 66.8 Å². The van der Waals surface area contributed by atoms with Crippen molar-refractivity contribution in [2.24, 2.45) is 0 Å². The van der Waals surface area contributed by atoms with E-state index >= 15 is 0 Å². The van der Waals surface area contributed by atoms with E-state index in [1.165, 1.54) is 43.5 Å². The van der Waals surface area contributed by atoms with Gasteiger partial charge in [-0.05, 0) is 53.2 Å². The van der Waals surface area contributed by atoms with Crippen LogP contribution >= 0.6 is 11.8 Å². The summed E-state index contributed by atoms with van der Waals surface area (Å²) in [5, 5.41) is 9.41. The van der Waals surface area contributed by atoms with Crippen molar-refractivity contribution in [3.63, 3.8) is 0 Å². The Morgan fingerprint density at radius 1 is 1.20 bits per heavy atom. The number of aromatic hydroxyl groups is 1. The third-order valence-corrected chi connectivity index (χ3v) is 4.54. The molecule has 0 aliphatic carbocycles. The minimum absolute atomic E-state index is 0.0539. The summed E-state index contributed by atoms with van der Waals surface area (Å²) in [5.74, 6) is -0.532. The highest BCUT2D eigenvalue weighted by Crippen LogP contribution is 2.34. The number of hydrogen-bond donors (Lipinski definition) is 1. The van der Waals surface area contributed by atoms with Gasteiger partial charge in [0.25, 0.3) is 11.1 Å². The Balaban J connectivity index is 1.80. The first-order valence-electron chi connectivity index (χ1n) is 7.35. The fraction of sp³-hybridized carbons (Fsp3) is 0.111. The number of phenols is 1. The van der Waals surface area contributed by atoms with E-state index in [9.17, 15) is 19.1 Å². The molecule has 2 aromatic carbocycles. The van der Waals surface area contributed by atoms with Crippen LogP contribution in [0.3, 0.4) is 0 Å². The van der Waals surface area contributed by atoms with Crippen LogP contribution < -0.4 is 4.74 Å². The molecule has 1 saturated heterocycles. The van der Waals surface area contributed by atoms with Crippen LogP contribution in [0, 0.1) is 5.82 Å². The van der Waals surface area contributed by atoms with E-state index in [-0.39, 0.29) is 23.0 Å². The van der Waals surface area contributed by atoms with Crippen molar-refractivity contribution in [1.82, 2.24) is 4.90 Å². The largest absolute Gasteiger partial charge is 0.504 e. The normalized spacial score (nSPS) is 15.9. The number of amides is 2. The molecule has 0 spiro atoms. The molecule has 1 aliphatic rings. The maximum atomic E-state index is 13.0. The lowest BCUT2D eigenvalue weighted by Gasteiger charge is -2.12. The molecular weight excluding hydrogens is 345 g/mol. The lowest BCUT2D eigenvalue weighted by molar-refractivity contribution is -0.123. The zero-order valence-electron chi connectivity index (χ0n) is 13.2. The monoisotopic (exact) mass is 359 g/mol. The summed E-state index contributed by atoms with van der Waals surface area (Å²) < 4.78 is 17.9. The number of carbonyl (C=O) groups is 2. The average Bonchev–Trinajstić information content (AvgIpc) is 2.84. The van der Waals surface area contributed by atoms with E-state index in [1.54, 1.807) is 12.1 Å². The van der Waals surface area contributed by atoms with Gasteiger partial charge < -0.3 is 9.84 Å². The molecule has 0 atom stereocenters. The zero-order chi connectivity index (χ0) is 18.0. The van der Waals surface area contributed by atoms with E-state index in [0.29, 0.717) is 16.9 Å². The van der Waals surface area contributed by atoms with Crippen molar-refractivity contribution in [3.05, 3.63) is 64.3 Å². The van der Waals surface area contributed by atoms with Gasteiger partial charge in [0.05, 0.1) is 18.6 Å². The van der Waals surface area contributed by atoms with Gasteiger partial charge in [-0.2, -0.15) is 0 Å². The van der Waals surface area contributed by atoms with E-state index in [4.69, 9.17) is 4.74 Å². The van der Waals surface area contributed by atoms with E-state index in [2.05, 4.69) is 0 Å². The van der Waals surface area contributed by atoms with Crippen LogP contribution in [0.5, 0.6) is 11.5 Å². The van der Waals surface area contributed by atoms with Crippen molar-refractivity contribution in [2.45, 2.75) is 6.54 Å². The first-order valence-corrected chi connectivity index (χ1v) is 8.16. The SMILES string of the molecule is COc1ccc(C=C2SC(=O)N(Cc3ccc(F)cc3)C2=O)cc1O. The highest BCUT2D eigenvalue weighted by Gasteiger charge is 2.35. The summed E-state index contributed by atoms with van der Waals surface area (Å²) in [5.41, 5.74) is 1.23. The van der Waals surface area contributed by atoms with Gasteiger partial charge in [-0.3, -0.25) is 14.5 Å². The molecular formula is C18H14FNO4S. The van der Waals surface area contributed by atoms with Crippen LogP contribution in [0.2, 0.25) is 0 Å². The molecule has 25 heavy (non-hydrogen) atoms. The second kappa shape index (κ2) is 6.98. The maximum absolute atomic E-state index is 13.0. The average molecular weight is 359 g/mol. The Kier molecular flexibility index (Phi) is 4.76. The van der Waals surface area contributed by atoms with Gasteiger partial charge in [-0.25, -0.2) is 4.39 Å². The van der Waals surface area contributed by atoms with Gasteiger partial charge in [0.15, 0.2) is 11.5 Å². The number of nitrogens with zero attached hydrogens (tertiary/aromatic N) is 1. The van der Waals surface area contributed by atoms with Gasteiger partial charge >= 0.3 is 0 Å². The number of imide groups is 1. The third kappa shape index (κ3) is 3.66. The van der Waals surface area contributed by atoms with Gasteiger partial charge in [-0.1, -0.05) is 18.2 Å². The molecule has 0 radical (unpaired) electrons. The minimum Gasteiger partial charge on any atom is -0.504 e. The van der Waals surface area contributed by atoms with Crippen molar-refractivity contribution in [2.75, 3.05) is 7.11 Å². The summed E-state index contributed by atoms with van der Waals surface area (Å²) in [7, 11) is 1.44. The Labute approximate surface area is 147 Å². The smallest absolute Gasteiger partial charge is 0.293 e. The molecule has 0 saturated carbocycles. The lowest BCUT2D eigenvalue weighted by atomic mass is 10.1. The maximum Gasteiger partial charge on any atom is 0.293 e. The molecule has 3 rings (SSSR count). The second-order valence-corrected chi connectivity index (χ2v) is 6.32. The number of benzene rings is 2. The quantitative estimate of drug-likeness (QED) is 0.842. The first kappa shape index (κ1) is 17.0. The van der Waals surface area contributed by atoms with Crippen molar-refractivity contribution in [1.29, 1.82) is 0 Å². The number of ether oxygens (including phenoxy) is 1. The van der Waals surface area contributed by atoms with E-state index in [1.807, 2.05) is 0 Å². The molecule has 1 N–H and O–H groups in total. The van der Waals surface area contributed by atoms with Gasteiger partial charge in [0, 0.05) is 0 Å². The van der Waals surface area contributed by atoms with Crippen LogP contribution in [0.25, 0.3) is 6.08 Å². The fourth-order valence-electron chi connectivity index (χ4n) is 2.36. The van der Waals surface area contributed by atoms with Crippen LogP contribution in [-0.2, 0) is 11.3 Å². The molecule has 2 amide bonds. The predicted octanol–water partition coefficient (Wildman–Crippen LogP) is 3.78. The van der Waals surface area contributed by atoms with Gasteiger partial charge in [-0.15, -0.1) is 0 Å². The number of phenolic OH excluding ortho intramolecular Hbond substituents is 1. The van der Waals surface area contributed by atoms with Crippen LogP contribution in [-0.4, -0.2) is 28.3 Å². The summed E-state index contributed by atoms with van der Waals surface area (Å²) in [6.45, 7) is 0.0795. The van der Waals surface area contributed by atoms with E-state index < -0.39 is 11.1 Å². The second-order valence-electron chi connectivity index (χ2n) is 5.33. The Morgan fingerprint density at radius 2 is 1.92 bits per heavy atom. The molecule has 2 aromatic rings. The number of methoxy groups -OCH3 is 1. The summed E-state index contributed by atoms with van der Waals surface area (Å²) in [6.07, 6.45) is 1.54. The minimum atomic E-state index is -0.422. The number of thioether (sulfide) groups is 1. The highest BCUT2D eigenvalue weighted by molar-refractivity contribution is 8.18. The zero-order valence-corrected chi connectivity index (χ0v) is 14.0. The van der Waals surface area contributed by atoms with Crippen molar-refractivity contribution in [3.8, 4) is 11.5 Å². The number of halogens is 1. The molecule has 0 unspecified atom stereocenters. The molecule has 0 aromatic heterocycles. The molecule has 128 valence electrons. The van der Waals surface area contributed by atoms with Crippen molar-refractivity contribution < 1.29 is 23.8 Å². The molecule has 7 heteroatoms. The summed E-state index contributed by atoms with van der Waals surface area (Å²) in [4.78, 5) is 25.9. The standard InChI is InChI=1S/C18H14FNO4S/c1-24-15-7-4-12(8-14(15)21)9-16-17(22)20(18(23)25-16)10-11-2-5-13(19)6-3-11/h2-9,21H,10H2,1H3.